The Morgan fingerprint density at radius 2 is 1.50 bits per heavy atom. The number of nitrogens with two attached hydrogens (primary N) is 2. The summed E-state index contributed by atoms with van der Waals surface area (Å²) in [6.45, 7) is -9.88. The molecule has 4 aromatic heterocycles. The van der Waals surface area contributed by atoms with Crippen molar-refractivity contribution in [2.24, 2.45) is 0 Å². The van der Waals surface area contributed by atoms with E-state index in [1.165, 1.54) is 28.1 Å². The molecule has 2 aliphatic rings. The van der Waals surface area contributed by atoms with Crippen LogP contribution >= 0.6 is 38.1 Å². The van der Waals surface area contributed by atoms with E-state index < -0.39 is 69.9 Å². The molecular weight excluding hydrogens is 672 g/mol. The van der Waals surface area contributed by atoms with Crippen LogP contribution in [0.4, 0.5) is 20.4 Å². The second-order valence-electron chi connectivity index (χ2n) is 9.70. The van der Waals surface area contributed by atoms with E-state index in [9.17, 15) is 18.4 Å². The minimum atomic E-state index is -4.40. The van der Waals surface area contributed by atoms with Crippen molar-refractivity contribution in [2.45, 2.75) is 49.5 Å². The third-order valence-electron chi connectivity index (χ3n) is 6.80. The molecule has 5 N–H and O–H groups in total. The molecule has 1 unspecified atom stereocenters. The summed E-state index contributed by atoms with van der Waals surface area (Å²) >= 11 is 7.41. The number of anilines is 2. The molecule has 9 atom stereocenters. The Bertz CT molecular complexity index is 1780. The fourth-order valence-corrected chi connectivity index (χ4v) is 6.92. The van der Waals surface area contributed by atoms with Crippen LogP contribution in [0.25, 0.3) is 22.3 Å². The van der Waals surface area contributed by atoms with Crippen LogP contribution in [0.3, 0.4) is 0 Å². The van der Waals surface area contributed by atoms with Gasteiger partial charge >= 0.3 is 13.6 Å². The molecule has 2 fully saturated rings. The van der Waals surface area contributed by atoms with Crippen molar-refractivity contribution in [2.75, 3.05) is 24.7 Å². The molecule has 24 heteroatoms. The van der Waals surface area contributed by atoms with E-state index in [-0.39, 0.29) is 40.4 Å². The van der Waals surface area contributed by atoms with E-state index >= 15 is 4.39 Å². The van der Waals surface area contributed by atoms with Crippen LogP contribution < -0.4 is 11.5 Å². The molecule has 0 aromatic carbocycles. The van der Waals surface area contributed by atoms with Crippen molar-refractivity contribution < 1.29 is 45.8 Å². The van der Waals surface area contributed by atoms with E-state index in [0.717, 1.165) is 6.33 Å². The van der Waals surface area contributed by atoms with Crippen LogP contribution in [0.2, 0.25) is 0 Å². The van der Waals surface area contributed by atoms with Gasteiger partial charge in [0.1, 0.15) is 42.1 Å². The fraction of sp³-hybridized carbons (Fsp3) is 0.500. The van der Waals surface area contributed by atoms with Gasteiger partial charge in [-0.1, -0.05) is 24.5 Å². The summed E-state index contributed by atoms with van der Waals surface area (Å²) in [5, 5.41) is 0. The van der Waals surface area contributed by atoms with Crippen LogP contribution in [0, 0.1) is 0 Å². The molecule has 238 valence electrons. The molecule has 0 radical (unpaired) electrons. The number of hydrogen-bond donors (Lipinski definition) is 5. The number of rotatable bonds is 10. The normalized spacial score (nSPS) is 30.2. The van der Waals surface area contributed by atoms with Crippen LogP contribution in [0.15, 0.2) is 25.3 Å². The van der Waals surface area contributed by atoms with E-state index in [1.54, 1.807) is 0 Å². The average Bonchev–Trinajstić information content (AvgIpc) is 3.72. The second kappa shape index (κ2) is 12.0. The standard InChI is InChI=1S/C20H24F2N10O8P2S2/c21-9-1-8(38-19(9)31-6-29-12-15(23)25-4-27-17(12)31)2-37-42(35,44)40-14-10(3-36-41(33,34)43)39-20(11(14)22)32-7-30-13-16(24)26-5-28-18(13)32/h4-11,14,19-20H,1-3H2,(H,35,44)(H2,23,25,27)(H2,24,26,28)(H2,33,34,43)/t8-,9+,10+,11+,14+,19+,20+,42+/m0/s1. The van der Waals surface area contributed by atoms with Crippen LogP contribution in [0.1, 0.15) is 18.9 Å². The molecular formula is C20H24F2N10O8P2S2. The molecule has 0 amide bonds. The smallest absolute Gasteiger partial charge is 0.382 e. The Morgan fingerprint density at radius 3 is 2.09 bits per heavy atom. The molecule has 6 heterocycles. The highest BCUT2D eigenvalue weighted by Gasteiger charge is 2.51. The lowest BCUT2D eigenvalue weighted by Gasteiger charge is -2.24. The number of halogens is 2. The molecule has 18 nitrogen and oxygen atoms in total. The molecule has 2 saturated heterocycles. The van der Waals surface area contributed by atoms with Gasteiger partial charge in [0.25, 0.3) is 0 Å². The highest BCUT2D eigenvalue weighted by molar-refractivity contribution is 8.44. The van der Waals surface area contributed by atoms with Gasteiger partial charge in [0, 0.05) is 6.42 Å². The van der Waals surface area contributed by atoms with Crippen LogP contribution in [-0.2, 0) is 32.2 Å². The molecule has 0 aliphatic carbocycles. The first-order valence-electron chi connectivity index (χ1n) is 12.6. The largest absolute Gasteiger partial charge is 0.386 e. The maximum Gasteiger partial charge on any atom is 0.386 e. The van der Waals surface area contributed by atoms with E-state index in [2.05, 4.69) is 54.4 Å². The highest BCUT2D eigenvalue weighted by Crippen LogP contribution is 2.57. The molecule has 6 rings (SSSR count). The first-order valence-corrected chi connectivity index (χ1v) is 18.0. The number of thiol groups is 2. The van der Waals surface area contributed by atoms with Gasteiger partial charge in [-0.15, -0.1) is 0 Å². The maximum absolute atomic E-state index is 15.9. The zero-order chi connectivity index (χ0) is 31.4. The summed E-state index contributed by atoms with van der Waals surface area (Å²) in [6, 6.07) is 0. The van der Waals surface area contributed by atoms with E-state index in [4.69, 9.17) is 34.5 Å². The summed E-state index contributed by atoms with van der Waals surface area (Å²) in [5.74, 6) is 0.142. The topological polar surface area (TPSA) is 240 Å². The number of nitrogen functional groups attached to an aromatic ring is 2. The van der Waals surface area contributed by atoms with Crippen molar-refractivity contribution in [1.29, 1.82) is 0 Å². The van der Waals surface area contributed by atoms with Gasteiger partial charge in [0.2, 0.25) is 0 Å². The Morgan fingerprint density at radius 1 is 0.909 bits per heavy atom. The Labute approximate surface area is 256 Å². The van der Waals surface area contributed by atoms with Crippen molar-refractivity contribution in [3.05, 3.63) is 25.3 Å². The Kier molecular flexibility index (Phi) is 8.59. The predicted octanol–water partition coefficient (Wildman–Crippen LogP) is 2.18. The van der Waals surface area contributed by atoms with E-state index in [1.807, 2.05) is 0 Å². The van der Waals surface area contributed by atoms with Crippen molar-refractivity contribution in [1.82, 2.24) is 39.0 Å². The molecule has 0 bridgehead atoms. The van der Waals surface area contributed by atoms with Gasteiger partial charge < -0.3 is 25.8 Å². The van der Waals surface area contributed by atoms with Gasteiger partial charge in [0.15, 0.2) is 41.6 Å². The summed E-state index contributed by atoms with van der Waals surface area (Å²) in [7, 11) is 0. The number of ether oxygens (including phenoxy) is 2. The minimum Gasteiger partial charge on any atom is -0.382 e. The molecule has 2 aliphatic heterocycles. The van der Waals surface area contributed by atoms with Gasteiger partial charge in [0.05, 0.1) is 32.0 Å². The Balaban J connectivity index is 1.15. The summed E-state index contributed by atoms with van der Waals surface area (Å²) in [4.78, 5) is 33.4. The van der Waals surface area contributed by atoms with Gasteiger partial charge in [-0.05, 0) is 0 Å². The number of nitrogens with zero attached hydrogens (tertiary/aromatic N) is 8. The minimum absolute atomic E-state index is 0.0323. The first-order chi connectivity index (χ1) is 20.8. The zero-order valence-corrected chi connectivity index (χ0v) is 25.6. The predicted molar refractivity (Wildman–Crippen MR) is 154 cm³/mol. The lowest BCUT2D eigenvalue weighted by atomic mass is 10.1. The van der Waals surface area contributed by atoms with Gasteiger partial charge in [-0.3, -0.25) is 22.7 Å². The third-order valence-corrected chi connectivity index (χ3v) is 9.25. The van der Waals surface area contributed by atoms with Gasteiger partial charge in [-0.2, -0.15) is 0 Å². The second-order valence-corrected chi connectivity index (χ2v) is 15.3. The lowest BCUT2D eigenvalue weighted by molar-refractivity contribution is -0.0432. The van der Waals surface area contributed by atoms with Crippen LogP contribution in [0.5, 0.6) is 0 Å². The van der Waals surface area contributed by atoms with Crippen molar-refractivity contribution in [3.63, 3.8) is 0 Å². The third kappa shape index (κ3) is 6.28. The summed E-state index contributed by atoms with van der Waals surface area (Å²) in [5.41, 5.74) is 12.4. The van der Waals surface area contributed by atoms with E-state index in [0.29, 0.717) is 0 Å². The highest BCUT2D eigenvalue weighted by atomic mass is 32.7. The fourth-order valence-electron chi connectivity index (χ4n) is 4.88. The number of hydrogen-bond acceptors (Lipinski definition) is 15. The lowest BCUT2D eigenvalue weighted by Crippen LogP contribution is -2.33. The number of fused-ring (bicyclic) bond motifs is 2. The average molecular weight is 697 g/mol. The summed E-state index contributed by atoms with van der Waals surface area (Å²) in [6.07, 6.45) is -5.58. The van der Waals surface area contributed by atoms with Crippen molar-refractivity contribution >= 4 is 72.1 Å². The molecule has 0 spiro atoms. The quantitative estimate of drug-likeness (QED) is 0.118. The van der Waals surface area contributed by atoms with Crippen LogP contribution in [-0.4, -0.2) is 87.8 Å². The Hall–Kier alpha value is -2.52. The first kappa shape index (κ1) is 31.5. The SMILES string of the molecule is Nc1ncnc2c1ncn2[C@@H]1O[C@H](COP(=O)(O)S)[C@@H](O[P@](=O)(S)OC[C@@H]2C[C@@H](F)[C@H](n3cnc4c(N)ncnc43)O2)[C@H]1F. The monoisotopic (exact) mass is 696 g/mol. The number of alkyl halides is 2. The molecule has 4 aromatic rings. The van der Waals surface area contributed by atoms with Crippen molar-refractivity contribution in [3.8, 4) is 0 Å². The molecule has 44 heavy (non-hydrogen) atoms. The molecule has 0 saturated carbocycles. The zero-order valence-electron chi connectivity index (χ0n) is 22.1. The van der Waals surface area contributed by atoms with Gasteiger partial charge in [-0.25, -0.2) is 47.8 Å². The maximum atomic E-state index is 15.9. The summed E-state index contributed by atoms with van der Waals surface area (Å²) < 4.78 is 85.4. The number of imidazole rings is 2. The number of aromatic nitrogens is 8.